The predicted molar refractivity (Wildman–Crippen MR) is 99.9 cm³/mol. The van der Waals surface area contributed by atoms with Gasteiger partial charge in [-0.2, -0.15) is 15.0 Å². The van der Waals surface area contributed by atoms with E-state index in [4.69, 9.17) is 19.6 Å². The van der Waals surface area contributed by atoms with Crippen LogP contribution in [0.25, 0.3) is 0 Å². The summed E-state index contributed by atoms with van der Waals surface area (Å²) in [6.07, 6.45) is 0.834. The summed E-state index contributed by atoms with van der Waals surface area (Å²) < 4.78 is 0. The van der Waals surface area contributed by atoms with E-state index in [2.05, 4.69) is 20.3 Å². The number of primary amides is 1. The first-order chi connectivity index (χ1) is 12.3. The molecule has 1 fully saturated rings. The maximum atomic E-state index is 11.4. The van der Waals surface area contributed by atoms with Crippen molar-refractivity contribution in [2.45, 2.75) is 26.3 Å². The molecule has 1 aromatic carbocycles. The fourth-order valence-corrected chi connectivity index (χ4v) is 2.83. The molecule has 1 aliphatic rings. The standard InChI is InChI=1S/C16H21BN8O/c1-9-3-4-11(14(18)26)7-13(9)22-15-20-10(2)21-16(23-15)25(19)12-5-6-24(17)8-12/h3-4,7,12H,5-6,8,19H2,1-2H3,(H2,18,26)(H,20,21,22,23)/t12-/m1/s1. The van der Waals surface area contributed by atoms with Crippen LogP contribution in [0.1, 0.15) is 28.2 Å². The predicted octanol–water partition coefficient (Wildman–Crippen LogP) is 0.169. The number of rotatable bonds is 5. The van der Waals surface area contributed by atoms with Crippen molar-refractivity contribution in [1.82, 2.24) is 19.8 Å². The summed E-state index contributed by atoms with van der Waals surface area (Å²) in [6.45, 7) is 5.09. The zero-order chi connectivity index (χ0) is 18.8. The molecule has 0 bridgehead atoms. The van der Waals surface area contributed by atoms with Gasteiger partial charge < -0.3 is 15.9 Å². The van der Waals surface area contributed by atoms with Crippen molar-refractivity contribution in [2.75, 3.05) is 23.4 Å². The first-order valence-electron chi connectivity index (χ1n) is 8.27. The summed E-state index contributed by atoms with van der Waals surface area (Å²) in [7, 11) is 5.81. The largest absolute Gasteiger partial charge is 0.366 e. The van der Waals surface area contributed by atoms with E-state index in [1.165, 1.54) is 5.01 Å². The number of hydrogen-bond donors (Lipinski definition) is 3. The van der Waals surface area contributed by atoms with E-state index >= 15 is 0 Å². The van der Waals surface area contributed by atoms with E-state index in [0.717, 1.165) is 18.5 Å². The maximum Gasteiger partial charge on any atom is 0.248 e. The highest BCUT2D eigenvalue weighted by molar-refractivity contribution is 6.04. The zero-order valence-corrected chi connectivity index (χ0v) is 14.8. The van der Waals surface area contributed by atoms with Crippen LogP contribution in [-0.2, 0) is 0 Å². The highest BCUT2D eigenvalue weighted by Crippen LogP contribution is 2.22. The van der Waals surface area contributed by atoms with Gasteiger partial charge in [0.05, 0.1) is 6.04 Å². The van der Waals surface area contributed by atoms with E-state index in [1.807, 2.05) is 6.92 Å². The molecule has 134 valence electrons. The molecule has 0 unspecified atom stereocenters. The van der Waals surface area contributed by atoms with Crippen LogP contribution in [0.2, 0.25) is 0 Å². The molecule has 0 aliphatic carbocycles. The molecule has 2 aromatic rings. The molecule has 3 rings (SSSR count). The molecule has 1 aromatic heterocycles. The Morgan fingerprint density at radius 3 is 2.77 bits per heavy atom. The van der Waals surface area contributed by atoms with Crippen LogP contribution >= 0.6 is 0 Å². The normalized spacial score (nSPS) is 17.3. The number of nitrogens with one attached hydrogen (secondary N) is 1. The average molecular weight is 352 g/mol. The van der Waals surface area contributed by atoms with Crippen LogP contribution < -0.4 is 21.9 Å². The van der Waals surface area contributed by atoms with Gasteiger partial charge in [0.15, 0.2) is 7.98 Å². The van der Waals surface area contributed by atoms with E-state index in [9.17, 15) is 4.79 Å². The minimum absolute atomic E-state index is 0.0366. The highest BCUT2D eigenvalue weighted by atomic mass is 16.1. The molecule has 0 saturated carbocycles. The average Bonchev–Trinajstić information content (AvgIpc) is 3.02. The molecule has 9 nitrogen and oxygen atoms in total. The van der Waals surface area contributed by atoms with Gasteiger partial charge in [-0.25, -0.2) is 5.84 Å². The number of nitrogens with zero attached hydrogens (tertiary/aromatic N) is 5. The molecule has 2 heterocycles. The lowest BCUT2D eigenvalue weighted by Crippen LogP contribution is -2.44. The van der Waals surface area contributed by atoms with Crippen molar-refractivity contribution in [3.8, 4) is 0 Å². The van der Waals surface area contributed by atoms with Gasteiger partial charge in [0, 0.05) is 17.8 Å². The molecule has 26 heavy (non-hydrogen) atoms. The lowest BCUT2D eigenvalue weighted by molar-refractivity contribution is 0.100. The number of benzene rings is 1. The SMILES string of the molecule is [B]N1CC[C@@H](N(N)c2nc(C)nc(Nc3cc(C(N)=O)ccc3C)n2)C1. The Morgan fingerprint density at radius 2 is 2.12 bits per heavy atom. The van der Waals surface area contributed by atoms with Crippen molar-refractivity contribution in [3.05, 3.63) is 35.2 Å². The van der Waals surface area contributed by atoms with Crippen molar-refractivity contribution >= 4 is 31.5 Å². The number of nitrogens with two attached hydrogens (primary N) is 2. The fourth-order valence-electron chi connectivity index (χ4n) is 2.83. The Hall–Kier alpha value is -2.72. The van der Waals surface area contributed by atoms with Crippen LogP contribution in [0.5, 0.6) is 0 Å². The van der Waals surface area contributed by atoms with Crippen LogP contribution in [0, 0.1) is 13.8 Å². The first-order valence-corrected chi connectivity index (χ1v) is 8.27. The summed E-state index contributed by atoms with van der Waals surface area (Å²) in [4.78, 5) is 26.1. The third-order valence-electron chi connectivity index (χ3n) is 4.32. The monoisotopic (exact) mass is 352 g/mol. The number of carbonyl (C=O) groups is 1. The Labute approximate surface area is 153 Å². The zero-order valence-electron chi connectivity index (χ0n) is 14.8. The second kappa shape index (κ2) is 7.26. The van der Waals surface area contributed by atoms with E-state index in [-0.39, 0.29) is 6.04 Å². The fraction of sp³-hybridized carbons (Fsp3) is 0.375. The van der Waals surface area contributed by atoms with Crippen molar-refractivity contribution in [2.24, 2.45) is 11.6 Å². The first kappa shape index (κ1) is 18.1. The van der Waals surface area contributed by atoms with Crippen LogP contribution in [0.15, 0.2) is 18.2 Å². The minimum Gasteiger partial charge on any atom is -0.366 e. The Balaban J connectivity index is 1.86. The summed E-state index contributed by atoms with van der Waals surface area (Å²) in [5, 5.41) is 4.64. The molecule has 1 amide bonds. The lowest BCUT2D eigenvalue weighted by atomic mass is 10.1. The molecule has 0 spiro atoms. The van der Waals surface area contributed by atoms with Gasteiger partial charge in [0.25, 0.3) is 0 Å². The smallest absolute Gasteiger partial charge is 0.248 e. The molecular formula is C16H21BN8O. The lowest BCUT2D eigenvalue weighted by Gasteiger charge is -2.24. The number of anilines is 3. The third kappa shape index (κ3) is 3.92. The molecule has 1 atom stereocenters. The number of hydrogen-bond acceptors (Lipinski definition) is 8. The molecular weight excluding hydrogens is 331 g/mol. The number of aryl methyl sites for hydroxylation is 2. The quantitative estimate of drug-likeness (QED) is 0.395. The number of hydrazine groups is 1. The van der Waals surface area contributed by atoms with Crippen LogP contribution in [0.4, 0.5) is 17.6 Å². The Bertz CT molecular complexity index is 830. The molecule has 2 radical (unpaired) electrons. The molecule has 5 N–H and O–H groups in total. The Morgan fingerprint density at radius 1 is 1.35 bits per heavy atom. The van der Waals surface area contributed by atoms with Crippen molar-refractivity contribution < 1.29 is 4.79 Å². The second-order valence-corrected chi connectivity index (χ2v) is 6.37. The van der Waals surface area contributed by atoms with Crippen molar-refractivity contribution in [3.63, 3.8) is 0 Å². The van der Waals surface area contributed by atoms with Gasteiger partial charge in [-0.3, -0.25) is 9.80 Å². The van der Waals surface area contributed by atoms with Gasteiger partial charge in [0.1, 0.15) is 5.82 Å². The van der Waals surface area contributed by atoms with Crippen LogP contribution in [0.3, 0.4) is 0 Å². The third-order valence-corrected chi connectivity index (χ3v) is 4.32. The number of carbonyl (C=O) groups excluding carboxylic acids is 1. The molecule has 10 heteroatoms. The van der Waals surface area contributed by atoms with Gasteiger partial charge >= 0.3 is 0 Å². The van der Waals surface area contributed by atoms with E-state index < -0.39 is 5.91 Å². The minimum atomic E-state index is -0.499. The van der Waals surface area contributed by atoms with E-state index in [0.29, 0.717) is 35.5 Å². The van der Waals surface area contributed by atoms with Crippen LogP contribution in [-0.4, -0.2) is 52.8 Å². The summed E-state index contributed by atoms with van der Waals surface area (Å²) >= 11 is 0. The van der Waals surface area contributed by atoms with Gasteiger partial charge in [-0.1, -0.05) is 6.07 Å². The highest BCUT2D eigenvalue weighted by Gasteiger charge is 2.26. The number of aromatic nitrogens is 3. The summed E-state index contributed by atoms with van der Waals surface area (Å²) in [6, 6.07) is 5.18. The molecule has 1 aliphatic heterocycles. The summed E-state index contributed by atoms with van der Waals surface area (Å²) in [5.41, 5.74) is 7.37. The van der Waals surface area contributed by atoms with Crippen molar-refractivity contribution in [1.29, 1.82) is 0 Å². The van der Waals surface area contributed by atoms with Gasteiger partial charge in [-0.15, -0.1) is 0 Å². The summed E-state index contributed by atoms with van der Waals surface area (Å²) in [5.74, 6) is 6.93. The van der Waals surface area contributed by atoms with Gasteiger partial charge in [0.2, 0.25) is 17.8 Å². The second-order valence-electron chi connectivity index (χ2n) is 6.37. The maximum absolute atomic E-state index is 11.4. The number of amides is 1. The van der Waals surface area contributed by atoms with Gasteiger partial charge in [-0.05, 0) is 44.5 Å². The Kier molecular flexibility index (Phi) is 5.05. The van der Waals surface area contributed by atoms with E-state index in [1.54, 1.807) is 29.9 Å². The topological polar surface area (TPSA) is 126 Å². The molecule has 1 saturated heterocycles.